The molecule has 7 heteroatoms. The molecule has 0 heterocycles. The Bertz CT molecular complexity index is 453. The molecule has 0 spiro atoms. The monoisotopic (exact) mass is 268 g/mol. The summed E-state index contributed by atoms with van der Waals surface area (Å²) in [5, 5.41) is 0. The zero-order valence-corrected chi connectivity index (χ0v) is 9.28. The highest BCUT2D eigenvalue weighted by atomic mass is 19.4. The Kier molecular flexibility index (Phi) is 4.39. The van der Waals surface area contributed by atoms with Crippen molar-refractivity contribution in [1.82, 2.24) is 0 Å². The fourth-order valence-electron chi connectivity index (χ4n) is 1.20. The van der Waals surface area contributed by atoms with Crippen LogP contribution in [0, 0.1) is 18.6 Å². The molecule has 0 N–H and O–H groups in total. The Morgan fingerprint density at radius 3 is 2.39 bits per heavy atom. The van der Waals surface area contributed by atoms with Crippen molar-refractivity contribution in [3.8, 4) is 0 Å². The topological polar surface area (TPSA) is 26.3 Å². The van der Waals surface area contributed by atoms with Crippen molar-refractivity contribution in [2.24, 2.45) is 0 Å². The van der Waals surface area contributed by atoms with Gasteiger partial charge in [0.15, 0.2) is 5.78 Å². The molecular formula is C11H9F5O2. The zero-order valence-electron chi connectivity index (χ0n) is 9.28. The number of benzene rings is 1. The molecule has 2 nitrogen and oxygen atoms in total. The van der Waals surface area contributed by atoms with Crippen molar-refractivity contribution in [3.63, 3.8) is 0 Å². The van der Waals surface area contributed by atoms with Crippen LogP contribution < -0.4 is 0 Å². The van der Waals surface area contributed by atoms with E-state index in [2.05, 4.69) is 4.74 Å². The Hall–Kier alpha value is -1.50. The van der Waals surface area contributed by atoms with Crippen LogP contribution >= 0.6 is 0 Å². The summed E-state index contributed by atoms with van der Waals surface area (Å²) in [6.45, 7) is -1.28. The van der Waals surface area contributed by atoms with Crippen molar-refractivity contribution in [2.45, 2.75) is 13.1 Å². The molecule has 0 aliphatic heterocycles. The van der Waals surface area contributed by atoms with Crippen LogP contribution in [0.3, 0.4) is 0 Å². The average Bonchev–Trinajstić information content (AvgIpc) is 2.21. The van der Waals surface area contributed by atoms with Gasteiger partial charge in [0.1, 0.15) is 24.8 Å². The van der Waals surface area contributed by atoms with E-state index < -0.39 is 42.4 Å². The lowest BCUT2D eigenvalue weighted by atomic mass is 10.1. The summed E-state index contributed by atoms with van der Waals surface area (Å²) in [6, 6.07) is 1.44. The third-order valence-corrected chi connectivity index (χ3v) is 2.05. The van der Waals surface area contributed by atoms with Crippen LogP contribution in [-0.4, -0.2) is 25.2 Å². The Morgan fingerprint density at radius 2 is 1.83 bits per heavy atom. The van der Waals surface area contributed by atoms with Crippen molar-refractivity contribution >= 4 is 5.78 Å². The van der Waals surface area contributed by atoms with Crippen LogP contribution in [0.5, 0.6) is 0 Å². The second-order valence-corrected chi connectivity index (χ2v) is 3.61. The number of ketones is 1. The molecule has 18 heavy (non-hydrogen) atoms. The first-order chi connectivity index (χ1) is 8.20. The van der Waals surface area contributed by atoms with E-state index in [9.17, 15) is 26.7 Å². The molecular weight excluding hydrogens is 259 g/mol. The van der Waals surface area contributed by atoms with Gasteiger partial charge >= 0.3 is 6.18 Å². The number of aryl methyl sites for hydroxylation is 1. The second kappa shape index (κ2) is 5.43. The number of carbonyl (C=O) groups is 1. The number of hydrogen-bond acceptors (Lipinski definition) is 2. The van der Waals surface area contributed by atoms with E-state index in [1.165, 1.54) is 6.92 Å². The molecule has 0 atom stereocenters. The Morgan fingerprint density at radius 1 is 1.22 bits per heavy atom. The maximum absolute atomic E-state index is 13.3. The fourth-order valence-corrected chi connectivity index (χ4v) is 1.20. The number of carbonyl (C=O) groups excluding carboxylic acids is 1. The van der Waals surface area contributed by atoms with Gasteiger partial charge in [-0.3, -0.25) is 4.79 Å². The van der Waals surface area contributed by atoms with Gasteiger partial charge in [0, 0.05) is 0 Å². The first kappa shape index (κ1) is 14.6. The molecule has 0 aliphatic carbocycles. The lowest BCUT2D eigenvalue weighted by Crippen LogP contribution is -2.21. The third-order valence-electron chi connectivity index (χ3n) is 2.05. The molecule has 1 aromatic rings. The molecule has 0 aromatic heterocycles. The molecule has 0 saturated heterocycles. The molecule has 0 amide bonds. The van der Waals surface area contributed by atoms with Gasteiger partial charge in [0.25, 0.3) is 0 Å². The number of halogens is 5. The molecule has 0 bridgehead atoms. The summed E-state index contributed by atoms with van der Waals surface area (Å²) in [5.74, 6) is -2.85. The molecule has 1 aromatic carbocycles. The number of alkyl halides is 3. The summed E-state index contributed by atoms with van der Waals surface area (Å²) in [6.07, 6.45) is -4.57. The van der Waals surface area contributed by atoms with Crippen LogP contribution in [-0.2, 0) is 4.74 Å². The van der Waals surface area contributed by atoms with Crippen molar-refractivity contribution in [3.05, 3.63) is 34.9 Å². The van der Waals surface area contributed by atoms with Gasteiger partial charge in [0.05, 0.1) is 5.56 Å². The maximum Gasteiger partial charge on any atom is 0.411 e. The minimum Gasteiger partial charge on any atom is -0.364 e. The van der Waals surface area contributed by atoms with E-state index in [4.69, 9.17) is 0 Å². The van der Waals surface area contributed by atoms with Crippen molar-refractivity contribution in [1.29, 1.82) is 0 Å². The number of ether oxygens (including phenoxy) is 1. The molecule has 0 radical (unpaired) electrons. The number of Topliss-reactive ketones (excluding diaryl/α,β-unsaturated/α-hetero) is 1. The first-order valence-electron chi connectivity index (χ1n) is 4.84. The predicted octanol–water partition coefficient (Wildman–Crippen LogP) is 3.03. The van der Waals surface area contributed by atoms with Crippen LogP contribution in [0.4, 0.5) is 22.0 Å². The minimum absolute atomic E-state index is 0.000241. The molecule has 100 valence electrons. The molecule has 1 rings (SSSR count). The lowest BCUT2D eigenvalue weighted by Gasteiger charge is -2.08. The number of rotatable bonds is 4. The van der Waals surface area contributed by atoms with E-state index in [1.807, 2.05) is 0 Å². The van der Waals surface area contributed by atoms with Crippen LogP contribution in [0.25, 0.3) is 0 Å². The van der Waals surface area contributed by atoms with Gasteiger partial charge in [0.2, 0.25) is 0 Å². The molecule has 0 fully saturated rings. The highest BCUT2D eigenvalue weighted by Gasteiger charge is 2.28. The molecule has 0 unspecified atom stereocenters. The first-order valence-corrected chi connectivity index (χ1v) is 4.84. The zero-order chi connectivity index (χ0) is 13.9. The average molecular weight is 268 g/mol. The maximum atomic E-state index is 13.3. The number of hydrogen-bond donors (Lipinski definition) is 0. The van der Waals surface area contributed by atoms with E-state index in [0.29, 0.717) is 6.07 Å². The summed E-state index contributed by atoms with van der Waals surface area (Å²) in [7, 11) is 0. The fraction of sp³-hybridized carbons (Fsp3) is 0.364. The Balaban J connectivity index is 2.70. The Labute approximate surface area is 99.4 Å². The van der Waals surface area contributed by atoms with E-state index in [1.54, 1.807) is 0 Å². The summed E-state index contributed by atoms with van der Waals surface area (Å²) in [5.41, 5.74) is -0.625. The van der Waals surface area contributed by atoms with Gasteiger partial charge in [-0.1, -0.05) is 0 Å². The highest BCUT2D eigenvalue weighted by Crippen LogP contribution is 2.17. The van der Waals surface area contributed by atoms with E-state index in [0.717, 1.165) is 6.07 Å². The van der Waals surface area contributed by atoms with Gasteiger partial charge in [-0.15, -0.1) is 0 Å². The van der Waals surface area contributed by atoms with Gasteiger partial charge < -0.3 is 4.74 Å². The van der Waals surface area contributed by atoms with Gasteiger partial charge in [-0.05, 0) is 24.6 Å². The third kappa shape index (κ3) is 4.06. The standard InChI is InChI=1S/C11H9F5O2/c1-6-2-9(13)7(3-8(6)12)10(17)4-18-5-11(14,15)16/h2-3H,4-5H2,1H3. The molecule has 0 aliphatic rings. The largest absolute Gasteiger partial charge is 0.411 e. The van der Waals surface area contributed by atoms with E-state index in [-0.39, 0.29) is 5.56 Å². The van der Waals surface area contributed by atoms with Crippen LogP contribution in [0.2, 0.25) is 0 Å². The second-order valence-electron chi connectivity index (χ2n) is 3.61. The quantitative estimate of drug-likeness (QED) is 0.619. The lowest BCUT2D eigenvalue weighted by molar-refractivity contribution is -0.170. The van der Waals surface area contributed by atoms with Gasteiger partial charge in [-0.25, -0.2) is 8.78 Å². The van der Waals surface area contributed by atoms with Crippen molar-refractivity contribution < 1.29 is 31.5 Å². The smallest absolute Gasteiger partial charge is 0.364 e. The molecule has 0 saturated carbocycles. The van der Waals surface area contributed by atoms with Crippen LogP contribution in [0.15, 0.2) is 12.1 Å². The highest BCUT2D eigenvalue weighted by molar-refractivity contribution is 5.97. The minimum atomic E-state index is -4.57. The summed E-state index contributed by atoms with van der Waals surface area (Å²) in [4.78, 5) is 11.3. The van der Waals surface area contributed by atoms with Gasteiger partial charge in [-0.2, -0.15) is 13.2 Å². The predicted molar refractivity (Wildman–Crippen MR) is 52.3 cm³/mol. The van der Waals surface area contributed by atoms with E-state index >= 15 is 0 Å². The summed E-state index contributed by atoms with van der Waals surface area (Å²) >= 11 is 0. The van der Waals surface area contributed by atoms with Crippen molar-refractivity contribution in [2.75, 3.05) is 13.2 Å². The summed E-state index contributed by atoms with van der Waals surface area (Å²) < 4.78 is 65.6. The van der Waals surface area contributed by atoms with Crippen LogP contribution in [0.1, 0.15) is 15.9 Å². The SMILES string of the molecule is Cc1cc(F)c(C(=O)COCC(F)(F)F)cc1F. The normalized spacial score (nSPS) is 11.7.